The second-order valence-corrected chi connectivity index (χ2v) is 4.50. The van der Waals surface area contributed by atoms with Crippen LogP contribution in [0.15, 0.2) is 24.3 Å². The monoisotopic (exact) mass is 243 g/mol. The van der Waals surface area contributed by atoms with E-state index in [-0.39, 0.29) is 11.8 Å². The Bertz CT molecular complexity index is 396. The molecule has 94 valence electrons. The van der Waals surface area contributed by atoms with Gasteiger partial charge in [0.15, 0.2) is 0 Å². The molecule has 3 nitrogen and oxygen atoms in total. The largest absolute Gasteiger partial charge is 0.435 e. The number of hydrogen-bond acceptors (Lipinski definition) is 3. The van der Waals surface area contributed by atoms with Crippen molar-refractivity contribution in [3.8, 4) is 5.75 Å². The number of benzene rings is 1. The lowest BCUT2D eigenvalue weighted by Crippen LogP contribution is -2.53. The SMILES string of the molecule is C[C@]1(O)CC[C@@H]1Nc1cccc(OC(F)F)c1. The van der Waals surface area contributed by atoms with Gasteiger partial charge in [-0.15, -0.1) is 0 Å². The number of nitrogens with one attached hydrogen (secondary N) is 1. The van der Waals surface area contributed by atoms with E-state index in [0.29, 0.717) is 5.69 Å². The van der Waals surface area contributed by atoms with Gasteiger partial charge in [0, 0.05) is 11.8 Å². The molecule has 0 saturated heterocycles. The van der Waals surface area contributed by atoms with Crippen LogP contribution < -0.4 is 10.1 Å². The third kappa shape index (κ3) is 2.85. The minimum atomic E-state index is -2.82. The molecule has 17 heavy (non-hydrogen) atoms. The maximum atomic E-state index is 12.0. The number of halogens is 2. The zero-order valence-corrected chi connectivity index (χ0v) is 9.49. The van der Waals surface area contributed by atoms with Gasteiger partial charge in [0.05, 0.1) is 11.6 Å². The fourth-order valence-electron chi connectivity index (χ4n) is 1.90. The third-order valence-electron chi connectivity index (χ3n) is 3.09. The first-order valence-electron chi connectivity index (χ1n) is 5.51. The molecule has 0 bridgehead atoms. The number of ether oxygens (including phenoxy) is 1. The first-order valence-corrected chi connectivity index (χ1v) is 5.51. The molecule has 2 atom stereocenters. The summed E-state index contributed by atoms with van der Waals surface area (Å²) in [4.78, 5) is 0. The van der Waals surface area contributed by atoms with Crippen LogP contribution in [0.25, 0.3) is 0 Å². The van der Waals surface area contributed by atoms with Crippen molar-refractivity contribution in [3.63, 3.8) is 0 Å². The Morgan fingerprint density at radius 2 is 2.29 bits per heavy atom. The third-order valence-corrected chi connectivity index (χ3v) is 3.09. The van der Waals surface area contributed by atoms with E-state index < -0.39 is 12.2 Å². The first-order chi connectivity index (χ1) is 7.97. The molecule has 2 N–H and O–H groups in total. The molecule has 0 aliphatic heterocycles. The normalized spacial score (nSPS) is 27.7. The number of hydrogen-bond donors (Lipinski definition) is 2. The van der Waals surface area contributed by atoms with Gasteiger partial charge in [-0.3, -0.25) is 0 Å². The highest BCUT2D eigenvalue weighted by molar-refractivity contribution is 5.49. The second kappa shape index (κ2) is 4.49. The standard InChI is InChI=1S/C12H15F2NO2/c1-12(16)6-5-10(12)15-8-3-2-4-9(7-8)17-11(13)14/h2-4,7,10-11,15-16H,5-6H2,1H3/t10-,12-/m0/s1. The highest BCUT2D eigenvalue weighted by atomic mass is 19.3. The fraction of sp³-hybridized carbons (Fsp3) is 0.500. The van der Waals surface area contributed by atoms with E-state index in [1.165, 1.54) is 12.1 Å². The van der Waals surface area contributed by atoms with Crippen LogP contribution in [0.3, 0.4) is 0 Å². The molecule has 1 fully saturated rings. The van der Waals surface area contributed by atoms with Gasteiger partial charge in [0.2, 0.25) is 0 Å². The molecule has 1 aliphatic rings. The van der Waals surface area contributed by atoms with Crippen molar-refractivity contribution in [1.82, 2.24) is 0 Å². The predicted molar refractivity (Wildman–Crippen MR) is 60.3 cm³/mol. The average Bonchev–Trinajstić information content (AvgIpc) is 2.24. The van der Waals surface area contributed by atoms with Gasteiger partial charge < -0.3 is 15.2 Å². The molecular formula is C12H15F2NO2. The van der Waals surface area contributed by atoms with Crippen LogP contribution in [0.2, 0.25) is 0 Å². The van der Waals surface area contributed by atoms with Gasteiger partial charge in [-0.05, 0) is 31.9 Å². The van der Waals surface area contributed by atoms with Crippen LogP contribution in [0.5, 0.6) is 5.75 Å². The molecular weight excluding hydrogens is 228 g/mol. The second-order valence-electron chi connectivity index (χ2n) is 4.50. The fourth-order valence-corrected chi connectivity index (χ4v) is 1.90. The van der Waals surface area contributed by atoms with Crippen LogP contribution in [0.1, 0.15) is 19.8 Å². The summed E-state index contributed by atoms with van der Waals surface area (Å²) in [5.41, 5.74) is -0.0485. The lowest BCUT2D eigenvalue weighted by Gasteiger charge is -2.43. The summed E-state index contributed by atoms with van der Waals surface area (Å²) >= 11 is 0. The van der Waals surface area contributed by atoms with E-state index in [4.69, 9.17) is 0 Å². The topological polar surface area (TPSA) is 41.5 Å². The maximum Gasteiger partial charge on any atom is 0.387 e. The van der Waals surface area contributed by atoms with Crippen LogP contribution >= 0.6 is 0 Å². The Morgan fingerprint density at radius 1 is 1.53 bits per heavy atom. The summed E-state index contributed by atoms with van der Waals surface area (Å²) in [5, 5.41) is 12.9. The van der Waals surface area contributed by atoms with Crippen molar-refractivity contribution in [3.05, 3.63) is 24.3 Å². The Labute approximate surface area is 98.4 Å². The molecule has 1 aromatic carbocycles. The van der Waals surface area contributed by atoms with Crippen molar-refractivity contribution >= 4 is 5.69 Å². The average molecular weight is 243 g/mol. The van der Waals surface area contributed by atoms with Crippen molar-refractivity contribution in [2.75, 3.05) is 5.32 Å². The van der Waals surface area contributed by atoms with Gasteiger partial charge in [-0.25, -0.2) is 0 Å². The molecule has 0 aromatic heterocycles. The minimum Gasteiger partial charge on any atom is -0.435 e. The summed E-state index contributed by atoms with van der Waals surface area (Å²) in [7, 11) is 0. The van der Waals surface area contributed by atoms with Gasteiger partial charge in [0.25, 0.3) is 0 Å². The van der Waals surface area contributed by atoms with Crippen molar-refractivity contribution in [2.24, 2.45) is 0 Å². The molecule has 0 spiro atoms. The summed E-state index contributed by atoms with van der Waals surface area (Å²) in [6, 6.07) is 6.32. The number of anilines is 1. The maximum absolute atomic E-state index is 12.0. The Morgan fingerprint density at radius 3 is 2.82 bits per heavy atom. The van der Waals surface area contributed by atoms with Gasteiger partial charge >= 0.3 is 6.61 Å². The lowest BCUT2D eigenvalue weighted by atomic mass is 9.76. The smallest absolute Gasteiger partial charge is 0.387 e. The minimum absolute atomic E-state index is 0.0377. The number of rotatable bonds is 4. The quantitative estimate of drug-likeness (QED) is 0.854. The van der Waals surface area contributed by atoms with Crippen molar-refractivity contribution in [2.45, 2.75) is 38.0 Å². The Balaban J connectivity index is 2.01. The van der Waals surface area contributed by atoms with Crippen LogP contribution in [-0.4, -0.2) is 23.4 Å². The van der Waals surface area contributed by atoms with E-state index in [9.17, 15) is 13.9 Å². The summed E-state index contributed by atoms with van der Waals surface area (Å²) in [5.74, 6) is 0.115. The van der Waals surface area contributed by atoms with Crippen LogP contribution in [0, 0.1) is 0 Å². The molecule has 0 amide bonds. The summed E-state index contributed by atoms with van der Waals surface area (Å²) in [6.45, 7) is -1.06. The van der Waals surface area contributed by atoms with Gasteiger partial charge in [0.1, 0.15) is 5.75 Å². The highest BCUT2D eigenvalue weighted by Crippen LogP contribution is 2.34. The first kappa shape index (κ1) is 12.1. The van der Waals surface area contributed by atoms with Crippen LogP contribution in [-0.2, 0) is 0 Å². The molecule has 0 radical (unpaired) electrons. The summed E-state index contributed by atoms with van der Waals surface area (Å²) in [6.07, 6.45) is 1.62. The van der Waals surface area contributed by atoms with Crippen LogP contribution in [0.4, 0.5) is 14.5 Å². The molecule has 1 saturated carbocycles. The molecule has 1 aromatic rings. The zero-order chi connectivity index (χ0) is 12.5. The van der Waals surface area contributed by atoms with E-state index in [1.54, 1.807) is 19.1 Å². The number of alkyl halides is 2. The van der Waals surface area contributed by atoms with Crippen molar-refractivity contribution < 1.29 is 18.6 Å². The molecule has 1 aliphatic carbocycles. The Kier molecular flexibility index (Phi) is 3.19. The predicted octanol–water partition coefficient (Wildman–Crippen LogP) is 2.61. The summed E-state index contributed by atoms with van der Waals surface area (Å²) < 4.78 is 28.4. The van der Waals surface area contributed by atoms with Gasteiger partial charge in [-0.1, -0.05) is 6.07 Å². The van der Waals surface area contributed by atoms with E-state index in [0.717, 1.165) is 12.8 Å². The Hall–Kier alpha value is -1.36. The lowest BCUT2D eigenvalue weighted by molar-refractivity contribution is -0.0499. The molecule has 0 unspecified atom stereocenters. The molecule has 0 heterocycles. The molecule has 2 rings (SSSR count). The van der Waals surface area contributed by atoms with E-state index >= 15 is 0 Å². The van der Waals surface area contributed by atoms with E-state index in [1.807, 2.05) is 0 Å². The zero-order valence-electron chi connectivity index (χ0n) is 9.49. The van der Waals surface area contributed by atoms with Crippen molar-refractivity contribution in [1.29, 1.82) is 0 Å². The number of aliphatic hydroxyl groups is 1. The molecule has 5 heteroatoms. The highest BCUT2D eigenvalue weighted by Gasteiger charge is 2.40. The van der Waals surface area contributed by atoms with E-state index in [2.05, 4.69) is 10.1 Å². The van der Waals surface area contributed by atoms with Gasteiger partial charge in [-0.2, -0.15) is 8.78 Å².